The van der Waals surface area contributed by atoms with Gasteiger partial charge in [0.25, 0.3) is 5.56 Å². The first-order chi connectivity index (χ1) is 11.2. The summed E-state index contributed by atoms with van der Waals surface area (Å²) in [6.07, 6.45) is 1.84. The minimum absolute atomic E-state index is 0.121. The van der Waals surface area contributed by atoms with E-state index in [1.54, 1.807) is 6.07 Å². The minimum Gasteiger partial charge on any atom is -0.488 e. The zero-order valence-corrected chi connectivity index (χ0v) is 14.8. The van der Waals surface area contributed by atoms with Crippen LogP contribution in [0.2, 0.25) is 0 Å². The highest BCUT2D eigenvalue weighted by Crippen LogP contribution is 2.26. The highest BCUT2D eigenvalue weighted by molar-refractivity contribution is 5.64. The van der Waals surface area contributed by atoms with Crippen molar-refractivity contribution < 1.29 is 4.74 Å². The van der Waals surface area contributed by atoms with Gasteiger partial charge in [0.05, 0.1) is 5.69 Å². The number of aromatic nitrogens is 3. The van der Waals surface area contributed by atoms with Gasteiger partial charge in [0, 0.05) is 23.4 Å². The van der Waals surface area contributed by atoms with Crippen molar-refractivity contribution in [3.63, 3.8) is 0 Å². The number of benzene rings is 1. The molecular weight excluding hydrogens is 302 g/mol. The Hall–Kier alpha value is -2.56. The van der Waals surface area contributed by atoms with Gasteiger partial charge in [-0.15, -0.1) is 0 Å². The van der Waals surface area contributed by atoms with Crippen LogP contribution < -0.4 is 10.3 Å². The van der Waals surface area contributed by atoms with Gasteiger partial charge in [-0.3, -0.25) is 9.89 Å². The Morgan fingerprint density at radius 1 is 1.21 bits per heavy atom. The summed E-state index contributed by atoms with van der Waals surface area (Å²) in [4.78, 5) is 17.1. The van der Waals surface area contributed by atoms with E-state index in [4.69, 9.17) is 9.72 Å². The maximum atomic E-state index is 12.4. The first kappa shape index (κ1) is 16.3. The topological polar surface area (TPSA) is 59.4 Å². The zero-order valence-electron chi connectivity index (χ0n) is 14.8. The van der Waals surface area contributed by atoms with E-state index in [0.29, 0.717) is 11.3 Å². The van der Waals surface area contributed by atoms with Crippen molar-refractivity contribution in [3.8, 4) is 17.0 Å². The van der Waals surface area contributed by atoms with E-state index in [1.807, 2.05) is 51.2 Å². The van der Waals surface area contributed by atoms with Crippen LogP contribution in [0.1, 0.15) is 46.1 Å². The molecule has 24 heavy (non-hydrogen) atoms. The molecule has 0 saturated heterocycles. The van der Waals surface area contributed by atoms with Crippen LogP contribution in [0.25, 0.3) is 16.9 Å². The van der Waals surface area contributed by atoms with E-state index < -0.39 is 0 Å². The Labute approximate surface area is 141 Å². The quantitative estimate of drug-likeness (QED) is 0.792. The molecule has 1 N–H and O–H groups in total. The third kappa shape index (κ3) is 3.20. The third-order valence-electron chi connectivity index (χ3n) is 3.70. The Kier molecular flexibility index (Phi) is 3.95. The van der Waals surface area contributed by atoms with Crippen LogP contribution in [0.5, 0.6) is 5.75 Å². The van der Waals surface area contributed by atoms with Crippen molar-refractivity contribution in [2.45, 2.75) is 46.1 Å². The summed E-state index contributed by atoms with van der Waals surface area (Å²) in [7, 11) is 0. The fourth-order valence-electron chi connectivity index (χ4n) is 2.64. The number of ether oxygens (including phenoxy) is 1. The molecule has 5 heteroatoms. The average Bonchev–Trinajstić information content (AvgIpc) is 2.90. The summed E-state index contributed by atoms with van der Waals surface area (Å²) >= 11 is 0. The lowest BCUT2D eigenvalue weighted by atomic mass is 10.1. The number of rotatable bonds is 3. The second-order valence-corrected chi connectivity index (χ2v) is 7.26. The maximum absolute atomic E-state index is 12.4. The Morgan fingerprint density at radius 2 is 1.96 bits per heavy atom. The maximum Gasteiger partial charge on any atom is 0.273 e. The van der Waals surface area contributed by atoms with Crippen LogP contribution in [-0.4, -0.2) is 20.2 Å². The van der Waals surface area contributed by atoms with Gasteiger partial charge in [0.2, 0.25) is 0 Å². The molecule has 0 aliphatic carbocycles. The summed E-state index contributed by atoms with van der Waals surface area (Å²) in [6, 6.07) is 9.24. The number of nitrogens with one attached hydrogen (secondary N) is 1. The van der Waals surface area contributed by atoms with Crippen molar-refractivity contribution in [1.82, 2.24) is 14.6 Å². The van der Waals surface area contributed by atoms with Gasteiger partial charge < -0.3 is 4.74 Å². The molecule has 2 heterocycles. The number of hydrogen-bond acceptors (Lipinski definition) is 3. The standard InChI is InChI=1S/C19H23N3O2/c1-12(2)15-11-20-22-17(23)10-16(21-18(15)22)13-7-6-8-14(9-13)24-19(3,4)5/h6-12,20H,1-5H3. The fraction of sp³-hybridized carbons (Fsp3) is 0.368. The SMILES string of the molecule is CC(C)c1c[nH]n2c(=O)cc(-c3cccc(OC(C)(C)C)c3)nc12. The van der Waals surface area contributed by atoms with Crippen molar-refractivity contribution in [2.24, 2.45) is 0 Å². The Bertz CT molecular complexity index is 930. The predicted molar refractivity (Wildman–Crippen MR) is 95.7 cm³/mol. The largest absolute Gasteiger partial charge is 0.488 e. The van der Waals surface area contributed by atoms with Crippen LogP contribution in [0.4, 0.5) is 0 Å². The van der Waals surface area contributed by atoms with E-state index in [1.165, 1.54) is 4.52 Å². The van der Waals surface area contributed by atoms with Gasteiger partial charge in [0.15, 0.2) is 5.65 Å². The second kappa shape index (κ2) is 5.82. The summed E-state index contributed by atoms with van der Waals surface area (Å²) in [6.45, 7) is 10.2. The molecule has 3 rings (SSSR count). The lowest BCUT2D eigenvalue weighted by Crippen LogP contribution is -2.22. The van der Waals surface area contributed by atoms with Gasteiger partial charge in [-0.1, -0.05) is 26.0 Å². The van der Waals surface area contributed by atoms with Crippen molar-refractivity contribution in [3.05, 3.63) is 52.4 Å². The molecular formula is C19H23N3O2. The van der Waals surface area contributed by atoms with Crippen molar-refractivity contribution in [1.29, 1.82) is 0 Å². The van der Waals surface area contributed by atoms with Crippen LogP contribution >= 0.6 is 0 Å². The molecule has 0 atom stereocenters. The highest BCUT2D eigenvalue weighted by atomic mass is 16.5. The monoisotopic (exact) mass is 325 g/mol. The normalized spacial score (nSPS) is 12.1. The number of fused-ring (bicyclic) bond motifs is 1. The number of nitrogens with zero attached hydrogens (tertiary/aromatic N) is 2. The van der Waals surface area contributed by atoms with Gasteiger partial charge in [-0.2, -0.15) is 0 Å². The van der Waals surface area contributed by atoms with Gasteiger partial charge >= 0.3 is 0 Å². The number of aromatic amines is 1. The van der Waals surface area contributed by atoms with Crippen molar-refractivity contribution in [2.75, 3.05) is 0 Å². The summed E-state index contributed by atoms with van der Waals surface area (Å²) in [5, 5.41) is 2.98. The lowest BCUT2D eigenvalue weighted by molar-refractivity contribution is 0.131. The van der Waals surface area contributed by atoms with Crippen molar-refractivity contribution >= 4 is 5.65 Å². The summed E-state index contributed by atoms with van der Waals surface area (Å²) in [5.74, 6) is 1.05. The Morgan fingerprint density at radius 3 is 2.62 bits per heavy atom. The number of hydrogen-bond donors (Lipinski definition) is 1. The van der Waals surface area contributed by atoms with E-state index in [-0.39, 0.29) is 17.1 Å². The zero-order chi connectivity index (χ0) is 17.5. The lowest BCUT2D eigenvalue weighted by Gasteiger charge is -2.21. The van der Waals surface area contributed by atoms with Crippen LogP contribution in [-0.2, 0) is 0 Å². The molecule has 0 spiro atoms. The Balaban J connectivity index is 2.11. The van der Waals surface area contributed by atoms with Crippen LogP contribution in [0.15, 0.2) is 41.3 Å². The average molecular weight is 325 g/mol. The van der Waals surface area contributed by atoms with Crippen LogP contribution in [0, 0.1) is 0 Å². The fourth-order valence-corrected chi connectivity index (χ4v) is 2.64. The second-order valence-electron chi connectivity index (χ2n) is 7.26. The van der Waals surface area contributed by atoms with E-state index >= 15 is 0 Å². The molecule has 0 radical (unpaired) electrons. The van der Waals surface area contributed by atoms with Gasteiger partial charge in [-0.25, -0.2) is 9.50 Å². The summed E-state index contributed by atoms with van der Waals surface area (Å²) in [5.41, 5.74) is 2.82. The first-order valence-corrected chi connectivity index (χ1v) is 8.15. The molecule has 0 aliphatic rings. The third-order valence-corrected chi connectivity index (χ3v) is 3.70. The van der Waals surface area contributed by atoms with Crippen LogP contribution in [0.3, 0.4) is 0 Å². The number of H-pyrrole nitrogens is 1. The highest BCUT2D eigenvalue weighted by Gasteiger charge is 2.15. The van der Waals surface area contributed by atoms with E-state index in [2.05, 4.69) is 18.9 Å². The first-order valence-electron chi connectivity index (χ1n) is 8.15. The molecule has 2 aromatic heterocycles. The summed E-state index contributed by atoms with van der Waals surface area (Å²) < 4.78 is 7.39. The molecule has 1 aromatic carbocycles. The molecule has 0 unspecified atom stereocenters. The molecule has 0 saturated carbocycles. The molecule has 0 aliphatic heterocycles. The predicted octanol–water partition coefficient (Wildman–Crippen LogP) is 3.99. The molecule has 0 amide bonds. The molecule has 126 valence electrons. The molecule has 0 fully saturated rings. The molecule has 5 nitrogen and oxygen atoms in total. The minimum atomic E-state index is -0.277. The van der Waals surface area contributed by atoms with E-state index in [0.717, 1.165) is 16.9 Å². The molecule has 0 bridgehead atoms. The van der Waals surface area contributed by atoms with E-state index in [9.17, 15) is 4.79 Å². The molecule has 3 aromatic rings. The van der Waals surface area contributed by atoms with Gasteiger partial charge in [-0.05, 0) is 38.8 Å². The smallest absolute Gasteiger partial charge is 0.273 e. The van der Waals surface area contributed by atoms with Gasteiger partial charge in [0.1, 0.15) is 11.4 Å².